The number of aromatic nitrogens is 1. The lowest BCUT2D eigenvalue weighted by Gasteiger charge is -2.33. The summed E-state index contributed by atoms with van der Waals surface area (Å²) in [7, 11) is 0. The molecule has 1 aromatic rings. The minimum atomic E-state index is -4.10. The van der Waals surface area contributed by atoms with Crippen molar-refractivity contribution < 1.29 is 13.2 Å². The van der Waals surface area contributed by atoms with Gasteiger partial charge in [0, 0.05) is 24.8 Å². The lowest BCUT2D eigenvalue weighted by Crippen LogP contribution is -2.43. The summed E-state index contributed by atoms with van der Waals surface area (Å²) in [4.78, 5) is 5.85. The quantitative estimate of drug-likeness (QED) is 0.925. The number of pyridine rings is 1. The molecular formula is C14H20F3N3. The second-order valence-corrected chi connectivity index (χ2v) is 5.40. The summed E-state index contributed by atoms with van der Waals surface area (Å²) in [6.07, 6.45) is -2.65. The van der Waals surface area contributed by atoms with Crippen LogP contribution in [-0.2, 0) is 0 Å². The van der Waals surface area contributed by atoms with Crippen molar-refractivity contribution in [3.05, 3.63) is 23.5 Å². The molecule has 3 nitrogen and oxygen atoms in total. The number of halogens is 3. The molecule has 0 saturated carbocycles. The van der Waals surface area contributed by atoms with Crippen LogP contribution in [0.3, 0.4) is 0 Å². The van der Waals surface area contributed by atoms with Crippen LogP contribution in [0, 0.1) is 13.8 Å². The van der Waals surface area contributed by atoms with Crippen LogP contribution in [0.1, 0.15) is 24.2 Å². The van der Waals surface area contributed by atoms with E-state index in [-0.39, 0.29) is 6.04 Å². The van der Waals surface area contributed by atoms with Crippen molar-refractivity contribution in [3.8, 4) is 0 Å². The van der Waals surface area contributed by atoms with Crippen molar-refractivity contribution in [2.45, 2.75) is 38.9 Å². The fourth-order valence-corrected chi connectivity index (χ4v) is 2.55. The zero-order valence-electron chi connectivity index (χ0n) is 11.8. The Morgan fingerprint density at radius 3 is 2.45 bits per heavy atom. The van der Waals surface area contributed by atoms with Gasteiger partial charge in [-0.3, -0.25) is 9.88 Å². The first-order valence-corrected chi connectivity index (χ1v) is 6.83. The molecule has 2 rings (SSSR count). The molecule has 20 heavy (non-hydrogen) atoms. The molecule has 6 heteroatoms. The SMILES string of the molecule is Cc1ccc(NC2CCN(CC(F)(F)F)CC2)c(C)n1. The summed E-state index contributed by atoms with van der Waals surface area (Å²) in [6, 6.07) is 4.15. The van der Waals surface area contributed by atoms with Crippen molar-refractivity contribution in [2.24, 2.45) is 0 Å². The van der Waals surface area contributed by atoms with Gasteiger partial charge in [0.1, 0.15) is 0 Å². The van der Waals surface area contributed by atoms with Gasteiger partial charge < -0.3 is 5.32 Å². The van der Waals surface area contributed by atoms with Crippen LogP contribution in [0.15, 0.2) is 12.1 Å². The summed E-state index contributed by atoms with van der Waals surface area (Å²) in [6.45, 7) is 4.04. The summed E-state index contributed by atoms with van der Waals surface area (Å²) < 4.78 is 36.9. The van der Waals surface area contributed by atoms with E-state index in [0.717, 1.165) is 29.9 Å². The molecule has 2 heterocycles. The Labute approximate surface area is 117 Å². The molecule has 0 spiro atoms. The molecule has 1 saturated heterocycles. The van der Waals surface area contributed by atoms with Gasteiger partial charge in [0.15, 0.2) is 0 Å². The summed E-state index contributed by atoms with van der Waals surface area (Å²) in [5, 5.41) is 3.39. The van der Waals surface area contributed by atoms with E-state index < -0.39 is 12.7 Å². The number of piperidine rings is 1. The van der Waals surface area contributed by atoms with E-state index in [9.17, 15) is 13.2 Å². The molecule has 1 aliphatic heterocycles. The molecule has 0 unspecified atom stereocenters. The number of alkyl halides is 3. The van der Waals surface area contributed by atoms with Gasteiger partial charge in [0.05, 0.1) is 17.9 Å². The Morgan fingerprint density at radius 1 is 1.25 bits per heavy atom. The van der Waals surface area contributed by atoms with Gasteiger partial charge in [-0.2, -0.15) is 13.2 Å². The Kier molecular flexibility index (Phi) is 4.52. The second kappa shape index (κ2) is 5.99. The van der Waals surface area contributed by atoms with E-state index in [1.807, 2.05) is 26.0 Å². The van der Waals surface area contributed by atoms with E-state index in [1.165, 1.54) is 4.90 Å². The number of hydrogen-bond acceptors (Lipinski definition) is 3. The van der Waals surface area contributed by atoms with E-state index in [1.54, 1.807) is 0 Å². The molecule has 1 aromatic heterocycles. The van der Waals surface area contributed by atoms with E-state index in [2.05, 4.69) is 10.3 Å². The average molecular weight is 287 g/mol. The molecule has 0 amide bonds. The molecule has 0 aliphatic carbocycles. The van der Waals surface area contributed by atoms with Gasteiger partial charge in [-0.05, 0) is 38.8 Å². The van der Waals surface area contributed by atoms with Crippen molar-refractivity contribution in [1.29, 1.82) is 0 Å². The predicted molar refractivity (Wildman–Crippen MR) is 72.9 cm³/mol. The van der Waals surface area contributed by atoms with Crippen LogP contribution < -0.4 is 5.32 Å². The Hall–Kier alpha value is -1.30. The van der Waals surface area contributed by atoms with Gasteiger partial charge in [0.2, 0.25) is 0 Å². The van der Waals surface area contributed by atoms with Crippen LogP contribution in [0.25, 0.3) is 0 Å². The third-order valence-electron chi connectivity index (χ3n) is 3.58. The van der Waals surface area contributed by atoms with E-state index in [4.69, 9.17) is 0 Å². The monoisotopic (exact) mass is 287 g/mol. The normalized spacial score (nSPS) is 18.2. The number of rotatable bonds is 3. The van der Waals surface area contributed by atoms with Crippen LogP contribution in [0.5, 0.6) is 0 Å². The number of aryl methyl sites for hydroxylation is 2. The highest BCUT2D eigenvalue weighted by Crippen LogP contribution is 2.22. The van der Waals surface area contributed by atoms with Gasteiger partial charge >= 0.3 is 6.18 Å². The summed E-state index contributed by atoms with van der Waals surface area (Å²) >= 11 is 0. The number of nitrogens with one attached hydrogen (secondary N) is 1. The third kappa shape index (κ3) is 4.37. The molecule has 1 fully saturated rings. The highest BCUT2D eigenvalue weighted by Gasteiger charge is 2.32. The lowest BCUT2D eigenvalue weighted by molar-refractivity contribution is -0.147. The summed E-state index contributed by atoms with van der Waals surface area (Å²) in [5.74, 6) is 0. The lowest BCUT2D eigenvalue weighted by atomic mass is 10.0. The first kappa shape index (κ1) is 15.1. The largest absolute Gasteiger partial charge is 0.401 e. The van der Waals surface area contributed by atoms with Crippen LogP contribution >= 0.6 is 0 Å². The van der Waals surface area contributed by atoms with Crippen molar-refractivity contribution in [2.75, 3.05) is 25.0 Å². The summed E-state index contributed by atoms with van der Waals surface area (Å²) in [5.41, 5.74) is 2.88. The maximum absolute atomic E-state index is 12.3. The fourth-order valence-electron chi connectivity index (χ4n) is 2.55. The predicted octanol–water partition coefficient (Wildman–Crippen LogP) is 3.14. The van der Waals surface area contributed by atoms with Gasteiger partial charge in [-0.25, -0.2) is 0 Å². The van der Waals surface area contributed by atoms with Gasteiger partial charge in [-0.15, -0.1) is 0 Å². The zero-order valence-corrected chi connectivity index (χ0v) is 11.8. The van der Waals surface area contributed by atoms with E-state index in [0.29, 0.717) is 13.1 Å². The smallest absolute Gasteiger partial charge is 0.381 e. The maximum atomic E-state index is 12.3. The first-order chi connectivity index (χ1) is 9.33. The molecule has 1 N–H and O–H groups in total. The number of nitrogens with zero attached hydrogens (tertiary/aromatic N) is 2. The number of anilines is 1. The van der Waals surface area contributed by atoms with Crippen molar-refractivity contribution >= 4 is 5.69 Å². The molecule has 1 aliphatic rings. The van der Waals surface area contributed by atoms with Gasteiger partial charge in [-0.1, -0.05) is 0 Å². The van der Waals surface area contributed by atoms with Gasteiger partial charge in [0.25, 0.3) is 0 Å². The van der Waals surface area contributed by atoms with Crippen molar-refractivity contribution in [1.82, 2.24) is 9.88 Å². The average Bonchev–Trinajstić information content (AvgIpc) is 2.33. The molecular weight excluding hydrogens is 267 g/mol. The van der Waals surface area contributed by atoms with Crippen molar-refractivity contribution in [3.63, 3.8) is 0 Å². The third-order valence-corrected chi connectivity index (χ3v) is 3.58. The Morgan fingerprint density at radius 2 is 1.90 bits per heavy atom. The van der Waals surface area contributed by atoms with Crippen LogP contribution in [0.4, 0.5) is 18.9 Å². The van der Waals surface area contributed by atoms with E-state index >= 15 is 0 Å². The standard InChI is InChI=1S/C14H20F3N3/c1-10-3-4-13(11(2)18-10)19-12-5-7-20(8-6-12)9-14(15,16)17/h3-4,12,19H,5-9H2,1-2H3. The Bertz CT molecular complexity index is 451. The minimum Gasteiger partial charge on any atom is -0.381 e. The maximum Gasteiger partial charge on any atom is 0.401 e. The highest BCUT2D eigenvalue weighted by atomic mass is 19.4. The molecule has 0 bridgehead atoms. The number of hydrogen-bond donors (Lipinski definition) is 1. The van der Waals surface area contributed by atoms with Crippen LogP contribution in [0.2, 0.25) is 0 Å². The molecule has 0 atom stereocenters. The second-order valence-electron chi connectivity index (χ2n) is 5.40. The minimum absolute atomic E-state index is 0.225. The Balaban J connectivity index is 1.85. The highest BCUT2D eigenvalue weighted by molar-refractivity contribution is 5.48. The first-order valence-electron chi connectivity index (χ1n) is 6.83. The topological polar surface area (TPSA) is 28.2 Å². The molecule has 0 radical (unpaired) electrons. The fraction of sp³-hybridized carbons (Fsp3) is 0.643. The zero-order chi connectivity index (χ0) is 14.8. The number of likely N-dealkylation sites (tertiary alicyclic amines) is 1. The van der Waals surface area contributed by atoms with Crippen LogP contribution in [-0.4, -0.2) is 41.7 Å². The molecule has 0 aromatic carbocycles. The molecule has 112 valence electrons.